The van der Waals surface area contributed by atoms with Crippen molar-refractivity contribution in [1.29, 1.82) is 0 Å². The van der Waals surface area contributed by atoms with Crippen molar-refractivity contribution in [3.05, 3.63) is 54.1 Å². The highest BCUT2D eigenvalue weighted by molar-refractivity contribution is 5.15. The lowest BCUT2D eigenvalue weighted by atomic mass is 10.0. The molecule has 1 aromatic carbocycles. The summed E-state index contributed by atoms with van der Waals surface area (Å²) in [6, 6.07) is 11.0. The minimum absolute atomic E-state index is 1.000. The SMILES string of the molecule is CCCCCCCCCCCCCCCCCCC[n+]1ccn(Cc2ccccc2)c1CCCCCCCCCCC. The normalized spacial score (nSPS) is 11.5. The maximum Gasteiger partial charge on any atom is 0.256 e. The smallest absolute Gasteiger partial charge is 0.234 e. The van der Waals surface area contributed by atoms with Crippen molar-refractivity contribution in [2.24, 2.45) is 0 Å². The van der Waals surface area contributed by atoms with E-state index >= 15 is 0 Å². The van der Waals surface area contributed by atoms with Crippen LogP contribution in [-0.4, -0.2) is 4.57 Å². The molecular weight excluding hydrogens is 508 g/mol. The van der Waals surface area contributed by atoms with Crippen LogP contribution in [0.2, 0.25) is 0 Å². The number of rotatable bonds is 30. The predicted octanol–water partition coefficient (Wildman–Crippen LogP) is 12.5. The molecule has 0 fully saturated rings. The van der Waals surface area contributed by atoms with E-state index in [4.69, 9.17) is 0 Å². The molecule has 2 nitrogen and oxygen atoms in total. The number of nitrogens with zero attached hydrogens (tertiary/aromatic N) is 2. The first-order valence-electron chi connectivity index (χ1n) is 19.0. The molecule has 0 aliphatic carbocycles. The third-order valence-corrected chi connectivity index (χ3v) is 9.29. The van der Waals surface area contributed by atoms with Crippen molar-refractivity contribution < 1.29 is 4.57 Å². The van der Waals surface area contributed by atoms with E-state index in [0.717, 1.165) is 6.54 Å². The first-order valence-corrected chi connectivity index (χ1v) is 19.0. The molecule has 2 heteroatoms. The van der Waals surface area contributed by atoms with E-state index in [2.05, 4.69) is 65.7 Å². The summed E-state index contributed by atoms with van der Waals surface area (Å²) in [6.45, 7) is 6.80. The second-order valence-corrected chi connectivity index (χ2v) is 13.3. The van der Waals surface area contributed by atoms with Crippen LogP contribution in [0.15, 0.2) is 42.7 Å². The Morgan fingerprint density at radius 3 is 1.33 bits per heavy atom. The van der Waals surface area contributed by atoms with Crippen LogP contribution in [0.1, 0.15) is 192 Å². The zero-order valence-corrected chi connectivity index (χ0v) is 28.4. The Morgan fingerprint density at radius 1 is 0.476 bits per heavy atom. The van der Waals surface area contributed by atoms with Gasteiger partial charge in [0.05, 0.1) is 6.54 Å². The summed E-state index contributed by atoms with van der Waals surface area (Å²) in [7, 11) is 0. The van der Waals surface area contributed by atoms with E-state index in [-0.39, 0.29) is 0 Å². The van der Waals surface area contributed by atoms with Gasteiger partial charge in [0, 0.05) is 6.42 Å². The highest BCUT2D eigenvalue weighted by atomic mass is 15.1. The fraction of sp³-hybridized carbons (Fsp3) is 0.775. The maximum atomic E-state index is 2.58. The van der Waals surface area contributed by atoms with Gasteiger partial charge in [-0.25, -0.2) is 9.13 Å². The van der Waals surface area contributed by atoms with Gasteiger partial charge in [-0.1, -0.05) is 192 Å². The van der Waals surface area contributed by atoms with Gasteiger partial charge < -0.3 is 0 Å². The summed E-state index contributed by atoms with van der Waals surface area (Å²) in [4.78, 5) is 0. The van der Waals surface area contributed by atoms with Crippen molar-refractivity contribution in [2.75, 3.05) is 0 Å². The average Bonchev–Trinajstić information content (AvgIpc) is 3.39. The van der Waals surface area contributed by atoms with Gasteiger partial charge in [0.15, 0.2) is 0 Å². The molecule has 0 aliphatic rings. The molecule has 0 atom stereocenters. The lowest BCUT2D eigenvalue weighted by Gasteiger charge is -2.07. The summed E-state index contributed by atoms with van der Waals surface area (Å²) in [5.74, 6) is 1.54. The predicted molar refractivity (Wildman–Crippen MR) is 185 cm³/mol. The first kappa shape index (κ1) is 36.6. The van der Waals surface area contributed by atoms with Crippen LogP contribution in [-0.2, 0) is 19.5 Å². The van der Waals surface area contributed by atoms with Gasteiger partial charge in [-0.2, -0.15) is 0 Å². The van der Waals surface area contributed by atoms with E-state index in [1.807, 2.05) is 0 Å². The first-order chi connectivity index (χ1) is 20.8. The molecule has 0 amide bonds. The zero-order valence-electron chi connectivity index (χ0n) is 28.4. The molecule has 1 heterocycles. The summed E-state index contributed by atoms with van der Waals surface area (Å²) in [5.41, 5.74) is 1.41. The van der Waals surface area contributed by atoms with Crippen LogP contribution in [0.4, 0.5) is 0 Å². The van der Waals surface area contributed by atoms with Crippen LogP contribution in [0.5, 0.6) is 0 Å². The molecule has 0 unspecified atom stereocenters. The van der Waals surface area contributed by atoms with E-state index < -0.39 is 0 Å². The molecule has 1 aromatic heterocycles. The Balaban J connectivity index is 1.56. The number of unbranched alkanes of at least 4 members (excludes halogenated alkanes) is 24. The Labute approximate surface area is 263 Å². The highest BCUT2D eigenvalue weighted by Gasteiger charge is 2.17. The fourth-order valence-corrected chi connectivity index (χ4v) is 6.51. The van der Waals surface area contributed by atoms with E-state index in [9.17, 15) is 0 Å². The van der Waals surface area contributed by atoms with Crippen LogP contribution in [0.3, 0.4) is 0 Å². The topological polar surface area (TPSA) is 8.81 Å². The molecule has 2 aromatic rings. The van der Waals surface area contributed by atoms with Gasteiger partial charge >= 0.3 is 0 Å². The molecule has 0 saturated heterocycles. The van der Waals surface area contributed by atoms with Crippen molar-refractivity contribution in [3.63, 3.8) is 0 Å². The van der Waals surface area contributed by atoms with Gasteiger partial charge in [-0.3, -0.25) is 0 Å². The van der Waals surface area contributed by atoms with E-state index in [0.29, 0.717) is 0 Å². The van der Waals surface area contributed by atoms with E-state index in [1.54, 1.807) is 5.82 Å². The maximum absolute atomic E-state index is 2.58. The molecule has 0 aliphatic heterocycles. The van der Waals surface area contributed by atoms with Crippen molar-refractivity contribution in [3.8, 4) is 0 Å². The lowest BCUT2D eigenvalue weighted by Crippen LogP contribution is -2.37. The minimum atomic E-state index is 1.000. The highest BCUT2D eigenvalue weighted by Crippen LogP contribution is 2.15. The number of aromatic nitrogens is 2. The molecular formula is C40H71N2+. The average molecular weight is 580 g/mol. The van der Waals surface area contributed by atoms with E-state index in [1.165, 1.54) is 185 Å². The largest absolute Gasteiger partial charge is 0.256 e. The Hall–Kier alpha value is -1.57. The Morgan fingerprint density at radius 2 is 0.881 bits per heavy atom. The number of benzene rings is 1. The van der Waals surface area contributed by atoms with Gasteiger partial charge in [0.1, 0.15) is 18.9 Å². The minimum Gasteiger partial charge on any atom is -0.234 e. The monoisotopic (exact) mass is 580 g/mol. The number of aryl methyl sites for hydroxylation is 1. The molecule has 0 spiro atoms. The molecule has 2 rings (SSSR count). The van der Waals surface area contributed by atoms with Gasteiger partial charge in [0.25, 0.3) is 5.82 Å². The summed E-state index contributed by atoms with van der Waals surface area (Å²) in [5, 5.41) is 0. The Kier molecular flexibility index (Phi) is 23.6. The molecule has 42 heavy (non-hydrogen) atoms. The third kappa shape index (κ3) is 18.9. The third-order valence-electron chi connectivity index (χ3n) is 9.29. The summed E-state index contributed by atoms with van der Waals surface area (Å²) in [6.07, 6.45) is 43.0. The summed E-state index contributed by atoms with van der Waals surface area (Å²) >= 11 is 0. The fourth-order valence-electron chi connectivity index (χ4n) is 6.51. The molecule has 0 saturated carbocycles. The second-order valence-electron chi connectivity index (χ2n) is 13.3. The quantitative estimate of drug-likeness (QED) is 0.0643. The van der Waals surface area contributed by atoms with Crippen molar-refractivity contribution >= 4 is 0 Å². The number of imidazole rings is 1. The lowest BCUT2D eigenvalue weighted by molar-refractivity contribution is -0.704. The van der Waals surface area contributed by atoms with Gasteiger partial charge in [-0.15, -0.1) is 0 Å². The van der Waals surface area contributed by atoms with Crippen molar-refractivity contribution in [2.45, 2.75) is 200 Å². The van der Waals surface area contributed by atoms with Crippen LogP contribution in [0.25, 0.3) is 0 Å². The van der Waals surface area contributed by atoms with Crippen molar-refractivity contribution in [1.82, 2.24) is 4.57 Å². The zero-order chi connectivity index (χ0) is 29.8. The van der Waals surface area contributed by atoms with Crippen LogP contribution >= 0.6 is 0 Å². The van der Waals surface area contributed by atoms with Gasteiger partial charge in [0.2, 0.25) is 0 Å². The second kappa shape index (κ2) is 27.0. The number of hydrogen-bond donors (Lipinski definition) is 0. The summed E-state index contributed by atoms with van der Waals surface area (Å²) < 4.78 is 5.10. The number of hydrogen-bond acceptors (Lipinski definition) is 0. The molecule has 0 bridgehead atoms. The standard InChI is InChI=1S/C40H71N2/c1-3-5-7-9-11-13-14-15-16-17-18-19-20-22-24-26-31-35-41-36-37-42(38-39-32-28-27-29-33-39)40(41)34-30-25-23-21-12-10-8-6-4-2/h27-29,32-33,36-37H,3-26,30-31,34-35,38H2,1-2H3/q+1. The molecule has 0 N–H and O–H groups in total. The Bertz CT molecular complexity index is 823. The molecule has 240 valence electrons. The van der Waals surface area contributed by atoms with Gasteiger partial charge in [-0.05, 0) is 24.8 Å². The molecule has 0 radical (unpaired) electrons. The van der Waals surface area contributed by atoms with Crippen LogP contribution < -0.4 is 4.57 Å². The van der Waals surface area contributed by atoms with Crippen LogP contribution in [0, 0.1) is 0 Å².